The van der Waals surface area contributed by atoms with Crippen molar-refractivity contribution < 1.29 is 28.6 Å². The smallest absolute Gasteiger partial charge is 0.344 e. The van der Waals surface area contributed by atoms with Crippen LogP contribution in [0.25, 0.3) is 0 Å². The number of methoxy groups -OCH3 is 1. The standard InChI is InChI=1S/C24H24BrN3O6S/c1-4-33-19(29)12-34-18-10-9-14(25)11-16(18)21-20(13(2)26-24(35)28-21)22(30)27-17-8-6-5-7-15(17)23(31)32-3/h5-11,21H,4,12H2,1-3H3,(H,27,30)(H2,26,28,35)/t21-/m1/s1. The second-order valence-corrected chi connectivity index (χ2v) is 8.66. The van der Waals surface area contributed by atoms with Crippen molar-refractivity contribution in [1.29, 1.82) is 0 Å². The zero-order chi connectivity index (χ0) is 25.5. The van der Waals surface area contributed by atoms with Crippen molar-refractivity contribution in [2.75, 3.05) is 25.6 Å². The molecule has 0 fully saturated rings. The van der Waals surface area contributed by atoms with Gasteiger partial charge in [0.1, 0.15) is 5.75 Å². The van der Waals surface area contributed by atoms with Gasteiger partial charge in [-0.05, 0) is 56.4 Å². The first kappa shape index (κ1) is 26.2. The molecule has 1 atom stereocenters. The molecule has 1 heterocycles. The highest BCUT2D eigenvalue weighted by molar-refractivity contribution is 9.10. The van der Waals surface area contributed by atoms with Crippen LogP contribution in [0.3, 0.4) is 0 Å². The Morgan fingerprint density at radius 1 is 1.17 bits per heavy atom. The Hall–Kier alpha value is -3.44. The van der Waals surface area contributed by atoms with E-state index in [1.807, 2.05) is 0 Å². The minimum absolute atomic E-state index is 0.214. The van der Waals surface area contributed by atoms with Crippen LogP contribution in [0.1, 0.15) is 35.8 Å². The van der Waals surface area contributed by atoms with Crippen molar-refractivity contribution in [1.82, 2.24) is 10.6 Å². The van der Waals surface area contributed by atoms with Crippen LogP contribution in [-0.4, -0.2) is 43.3 Å². The molecular formula is C24H24BrN3O6S. The maximum atomic E-state index is 13.5. The van der Waals surface area contributed by atoms with E-state index in [9.17, 15) is 14.4 Å². The van der Waals surface area contributed by atoms with Gasteiger partial charge >= 0.3 is 11.9 Å². The number of hydrogen-bond acceptors (Lipinski definition) is 7. The topological polar surface area (TPSA) is 115 Å². The number of anilines is 1. The highest BCUT2D eigenvalue weighted by atomic mass is 79.9. The maximum Gasteiger partial charge on any atom is 0.344 e. The lowest BCUT2D eigenvalue weighted by Gasteiger charge is -2.31. The molecule has 1 aliphatic rings. The highest BCUT2D eigenvalue weighted by Crippen LogP contribution is 2.36. The van der Waals surface area contributed by atoms with Crippen molar-refractivity contribution >= 4 is 56.8 Å². The second-order valence-electron chi connectivity index (χ2n) is 7.34. The first-order chi connectivity index (χ1) is 16.7. The molecule has 184 valence electrons. The van der Waals surface area contributed by atoms with Gasteiger partial charge in [0.25, 0.3) is 5.91 Å². The number of rotatable bonds is 8. The van der Waals surface area contributed by atoms with Crippen molar-refractivity contribution in [3.05, 3.63) is 69.3 Å². The van der Waals surface area contributed by atoms with E-state index in [1.54, 1.807) is 56.3 Å². The molecule has 0 radical (unpaired) electrons. The summed E-state index contributed by atoms with van der Waals surface area (Å²) in [7, 11) is 1.27. The van der Waals surface area contributed by atoms with Gasteiger partial charge in [0.15, 0.2) is 11.7 Å². The Balaban J connectivity index is 1.99. The summed E-state index contributed by atoms with van der Waals surface area (Å²) in [5.74, 6) is -1.19. The molecule has 2 aromatic rings. The number of carbonyl (C=O) groups is 3. The second kappa shape index (κ2) is 11.8. The van der Waals surface area contributed by atoms with Crippen LogP contribution < -0.4 is 20.7 Å². The molecule has 35 heavy (non-hydrogen) atoms. The Morgan fingerprint density at radius 3 is 2.63 bits per heavy atom. The number of ether oxygens (including phenoxy) is 3. The molecule has 2 aromatic carbocycles. The van der Waals surface area contributed by atoms with E-state index in [0.717, 1.165) is 4.47 Å². The lowest BCUT2D eigenvalue weighted by Crippen LogP contribution is -2.46. The number of benzene rings is 2. The van der Waals surface area contributed by atoms with Gasteiger partial charge in [-0.3, -0.25) is 4.79 Å². The van der Waals surface area contributed by atoms with E-state index in [4.69, 9.17) is 26.4 Å². The van der Waals surface area contributed by atoms with E-state index in [0.29, 0.717) is 33.4 Å². The fraction of sp³-hybridized carbons (Fsp3) is 0.250. The van der Waals surface area contributed by atoms with Crippen LogP contribution in [0, 0.1) is 0 Å². The van der Waals surface area contributed by atoms with E-state index in [1.165, 1.54) is 7.11 Å². The minimum atomic E-state index is -0.719. The SMILES string of the molecule is CCOC(=O)COc1ccc(Br)cc1[C@H]1NC(=S)NC(C)=C1C(=O)Nc1ccccc1C(=O)OC. The molecule has 0 unspecified atom stereocenters. The lowest BCUT2D eigenvalue weighted by atomic mass is 9.94. The summed E-state index contributed by atoms with van der Waals surface area (Å²) in [6.07, 6.45) is 0. The van der Waals surface area contributed by atoms with Gasteiger partial charge in [-0.1, -0.05) is 28.1 Å². The van der Waals surface area contributed by atoms with Crippen molar-refractivity contribution in [2.24, 2.45) is 0 Å². The molecule has 1 aliphatic heterocycles. The molecule has 9 nitrogen and oxygen atoms in total. The quantitative estimate of drug-likeness (QED) is 0.328. The predicted octanol–water partition coefficient (Wildman–Crippen LogP) is 3.61. The molecule has 0 saturated heterocycles. The summed E-state index contributed by atoms with van der Waals surface area (Å²) < 4.78 is 16.2. The zero-order valence-electron chi connectivity index (χ0n) is 19.3. The van der Waals surface area contributed by atoms with E-state index >= 15 is 0 Å². The molecule has 0 aromatic heterocycles. The van der Waals surface area contributed by atoms with Crippen molar-refractivity contribution in [3.8, 4) is 5.75 Å². The monoisotopic (exact) mass is 561 g/mol. The number of halogens is 1. The molecule has 0 saturated carbocycles. The number of hydrogen-bond donors (Lipinski definition) is 3. The summed E-state index contributed by atoms with van der Waals surface area (Å²) in [6, 6.07) is 11.0. The van der Waals surface area contributed by atoms with E-state index in [2.05, 4.69) is 31.9 Å². The summed E-state index contributed by atoms with van der Waals surface area (Å²) in [6.45, 7) is 3.37. The zero-order valence-corrected chi connectivity index (χ0v) is 21.7. The lowest BCUT2D eigenvalue weighted by molar-refractivity contribution is -0.145. The number of esters is 2. The van der Waals surface area contributed by atoms with Gasteiger partial charge in [-0.25, -0.2) is 9.59 Å². The van der Waals surface area contributed by atoms with E-state index < -0.39 is 23.9 Å². The molecule has 3 rings (SSSR count). The van der Waals surface area contributed by atoms with Crippen LogP contribution in [-0.2, 0) is 19.1 Å². The number of nitrogens with one attached hydrogen (secondary N) is 3. The third-order valence-corrected chi connectivity index (χ3v) is 5.74. The van der Waals surface area contributed by atoms with E-state index in [-0.39, 0.29) is 18.8 Å². The fourth-order valence-corrected chi connectivity index (χ4v) is 4.16. The van der Waals surface area contributed by atoms with Crippen LogP contribution in [0.5, 0.6) is 5.75 Å². The number of carbonyl (C=O) groups excluding carboxylic acids is 3. The van der Waals surface area contributed by atoms with Crippen molar-refractivity contribution in [3.63, 3.8) is 0 Å². The van der Waals surface area contributed by atoms with Crippen LogP contribution in [0.15, 0.2) is 58.2 Å². The maximum absolute atomic E-state index is 13.5. The fourth-order valence-electron chi connectivity index (χ4n) is 3.51. The average Bonchev–Trinajstić information content (AvgIpc) is 2.82. The molecule has 0 spiro atoms. The Kier molecular flexibility index (Phi) is 8.83. The molecule has 3 N–H and O–H groups in total. The summed E-state index contributed by atoms with van der Waals surface area (Å²) in [5.41, 5.74) is 1.91. The number of amides is 1. The number of para-hydroxylation sites is 1. The summed E-state index contributed by atoms with van der Waals surface area (Å²) in [5, 5.41) is 9.18. The Bertz CT molecular complexity index is 1200. The predicted molar refractivity (Wildman–Crippen MR) is 137 cm³/mol. The van der Waals surface area contributed by atoms with Gasteiger partial charge in [-0.15, -0.1) is 0 Å². The number of allylic oxidation sites excluding steroid dienone is 1. The van der Waals surface area contributed by atoms with Crippen LogP contribution >= 0.6 is 28.1 Å². The first-order valence-corrected chi connectivity index (χ1v) is 11.8. The van der Waals surface area contributed by atoms with Gasteiger partial charge < -0.3 is 30.2 Å². The van der Waals surface area contributed by atoms with Gasteiger partial charge in [0.05, 0.1) is 36.6 Å². The van der Waals surface area contributed by atoms with Gasteiger partial charge in [0.2, 0.25) is 0 Å². The van der Waals surface area contributed by atoms with Crippen LogP contribution in [0.4, 0.5) is 5.69 Å². The summed E-state index contributed by atoms with van der Waals surface area (Å²) in [4.78, 5) is 37.5. The summed E-state index contributed by atoms with van der Waals surface area (Å²) >= 11 is 8.79. The van der Waals surface area contributed by atoms with Crippen LogP contribution in [0.2, 0.25) is 0 Å². The minimum Gasteiger partial charge on any atom is -0.482 e. The third kappa shape index (κ3) is 6.37. The van der Waals surface area contributed by atoms with Gasteiger partial charge in [0, 0.05) is 15.7 Å². The number of thiocarbonyl (C=S) groups is 1. The van der Waals surface area contributed by atoms with Crippen molar-refractivity contribution in [2.45, 2.75) is 19.9 Å². The molecule has 0 aliphatic carbocycles. The Labute approximate surface area is 216 Å². The van der Waals surface area contributed by atoms with Gasteiger partial charge in [-0.2, -0.15) is 0 Å². The highest BCUT2D eigenvalue weighted by Gasteiger charge is 2.32. The molecular weight excluding hydrogens is 538 g/mol. The average molecular weight is 562 g/mol. The Morgan fingerprint density at radius 2 is 1.91 bits per heavy atom. The normalized spacial score (nSPS) is 15.0. The molecule has 0 bridgehead atoms. The molecule has 11 heteroatoms. The molecule has 1 amide bonds. The first-order valence-electron chi connectivity index (χ1n) is 10.6. The third-order valence-electron chi connectivity index (χ3n) is 5.03. The largest absolute Gasteiger partial charge is 0.482 e.